The average molecular weight is 356 g/mol. The van der Waals surface area contributed by atoms with Gasteiger partial charge in [0.05, 0.1) is 19.2 Å². The molecule has 2 aliphatic heterocycles. The van der Waals surface area contributed by atoms with Crippen LogP contribution in [0.1, 0.15) is 18.0 Å². The third-order valence-electron chi connectivity index (χ3n) is 3.98. The fourth-order valence-electron chi connectivity index (χ4n) is 2.76. The summed E-state index contributed by atoms with van der Waals surface area (Å²) in [4.78, 5) is 26.4. The molecule has 0 saturated carbocycles. The van der Waals surface area contributed by atoms with Crippen LogP contribution in [0.25, 0.3) is 0 Å². The van der Waals surface area contributed by atoms with Crippen LogP contribution in [0.4, 0.5) is 4.79 Å². The summed E-state index contributed by atoms with van der Waals surface area (Å²) in [5.74, 6) is 0.390. The van der Waals surface area contributed by atoms with Crippen molar-refractivity contribution in [2.45, 2.75) is 23.5 Å². The number of rotatable bonds is 2. The summed E-state index contributed by atoms with van der Waals surface area (Å²) in [5.41, 5.74) is 6.30. The van der Waals surface area contributed by atoms with Crippen LogP contribution in [0.2, 0.25) is 5.02 Å². The number of primary amides is 1. The number of hydrogen-bond donors (Lipinski definition) is 2. The zero-order chi connectivity index (χ0) is 16.4. The Morgan fingerprint density at radius 1 is 1.43 bits per heavy atom. The Bertz CT molecular complexity index is 628. The van der Waals surface area contributed by atoms with E-state index in [4.69, 9.17) is 22.1 Å². The van der Waals surface area contributed by atoms with E-state index in [0.717, 1.165) is 22.6 Å². The molecule has 2 atom stereocenters. The summed E-state index contributed by atoms with van der Waals surface area (Å²) < 4.78 is 5.26. The van der Waals surface area contributed by atoms with E-state index in [1.807, 2.05) is 18.2 Å². The van der Waals surface area contributed by atoms with Gasteiger partial charge in [0.25, 0.3) is 0 Å². The number of nitrogens with two attached hydrogens (primary N) is 1. The predicted octanol–water partition coefficient (Wildman–Crippen LogP) is 1.77. The number of ether oxygens (including phenoxy) is 1. The lowest BCUT2D eigenvalue weighted by molar-refractivity contribution is -0.133. The Labute approximate surface area is 143 Å². The van der Waals surface area contributed by atoms with E-state index in [9.17, 15) is 9.59 Å². The van der Waals surface area contributed by atoms with Gasteiger partial charge in [0, 0.05) is 22.2 Å². The highest BCUT2D eigenvalue weighted by Crippen LogP contribution is 2.37. The van der Waals surface area contributed by atoms with Crippen molar-refractivity contribution >= 4 is 35.3 Å². The zero-order valence-electron chi connectivity index (χ0n) is 12.5. The quantitative estimate of drug-likeness (QED) is 0.846. The molecule has 6 nitrogen and oxygen atoms in total. The lowest BCUT2D eigenvalue weighted by atomic mass is 10.0. The highest BCUT2D eigenvalue weighted by Gasteiger charge is 2.30. The van der Waals surface area contributed by atoms with Crippen molar-refractivity contribution in [3.8, 4) is 0 Å². The first kappa shape index (κ1) is 16.4. The molecular formula is C15H18ClN3O3S. The Hall–Kier alpha value is -1.44. The lowest BCUT2D eigenvalue weighted by Gasteiger charge is -2.34. The van der Waals surface area contributed by atoms with Crippen LogP contribution in [0.3, 0.4) is 0 Å². The molecule has 0 aromatic heterocycles. The molecule has 124 valence electrons. The van der Waals surface area contributed by atoms with Crippen LogP contribution in [0.5, 0.6) is 0 Å². The Morgan fingerprint density at radius 2 is 2.26 bits per heavy atom. The van der Waals surface area contributed by atoms with Crippen molar-refractivity contribution in [2.24, 2.45) is 5.73 Å². The van der Waals surface area contributed by atoms with Crippen LogP contribution in [0, 0.1) is 0 Å². The fraction of sp³-hybridized carbons (Fsp3) is 0.467. The Morgan fingerprint density at radius 3 is 3.04 bits per heavy atom. The summed E-state index contributed by atoms with van der Waals surface area (Å²) in [7, 11) is 0. The van der Waals surface area contributed by atoms with Crippen molar-refractivity contribution < 1.29 is 14.3 Å². The second-order valence-corrected chi connectivity index (χ2v) is 7.10. The van der Waals surface area contributed by atoms with Gasteiger partial charge in [0.1, 0.15) is 0 Å². The third-order valence-corrected chi connectivity index (χ3v) is 5.34. The molecule has 0 radical (unpaired) electrons. The van der Waals surface area contributed by atoms with Crippen molar-refractivity contribution in [1.82, 2.24) is 10.2 Å². The van der Waals surface area contributed by atoms with Gasteiger partial charge in [-0.15, -0.1) is 11.8 Å². The highest BCUT2D eigenvalue weighted by atomic mass is 35.5. The average Bonchev–Trinajstić information content (AvgIpc) is 2.55. The normalized spacial score (nSPS) is 24.0. The van der Waals surface area contributed by atoms with Gasteiger partial charge < -0.3 is 20.7 Å². The molecule has 23 heavy (non-hydrogen) atoms. The number of halogens is 1. The molecule has 3 amide bonds. The first-order chi connectivity index (χ1) is 11.0. The van der Waals surface area contributed by atoms with Gasteiger partial charge in [-0.05, 0) is 30.2 Å². The van der Waals surface area contributed by atoms with E-state index in [0.29, 0.717) is 18.2 Å². The number of morpholine rings is 1. The SMILES string of the molecule is NC(=O)C1CN(C(=O)NC2CCSc3ccc(Cl)cc32)CCO1. The molecule has 8 heteroatoms. The Balaban J connectivity index is 1.69. The molecule has 2 aliphatic rings. The second kappa shape index (κ2) is 6.98. The van der Waals surface area contributed by atoms with E-state index in [1.165, 1.54) is 0 Å². The number of benzene rings is 1. The highest BCUT2D eigenvalue weighted by molar-refractivity contribution is 7.99. The van der Waals surface area contributed by atoms with E-state index in [1.54, 1.807) is 16.7 Å². The minimum absolute atomic E-state index is 0.0766. The molecule has 0 aliphatic carbocycles. The van der Waals surface area contributed by atoms with E-state index in [-0.39, 0.29) is 18.6 Å². The van der Waals surface area contributed by atoms with Crippen LogP contribution in [-0.4, -0.2) is 48.4 Å². The van der Waals surface area contributed by atoms with E-state index >= 15 is 0 Å². The van der Waals surface area contributed by atoms with Crippen molar-refractivity contribution in [2.75, 3.05) is 25.4 Å². The van der Waals surface area contributed by atoms with Crippen molar-refractivity contribution in [1.29, 1.82) is 0 Å². The van der Waals surface area contributed by atoms with Gasteiger partial charge in [-0.25, -0.2) is 4.79 Å². The van der Waals surface area contributed by atoms with Crippen molar-refractivity contribution in [3.05, 3.63) is 28.8 Å². The fourth-order valence-corrected chi connectivity index (χ4v) is 4.05. The molecule has 3 N–H and O–H groups in total. The molecule has 2 unspecified atom stereocenters. The maximum atomic E-state index is 12.5. The van der Waals surface area contributed by atoms with Crippen molar-refractivity contribution in [3.63, 3.8) is 0 Å². The van der Waals surface area contributed by atoms with Gasteiger partial charge in [-0.3, -0.25) is 4.79 Å². The number of fused-ring (bicyclic) bond motifs is 1. The van der Waals surface area contributed by atoms with Crippen LogP contribution < -0.4 is 11.1 Å². The minimum atomic E-state index is -0.738. The first-order valence-corrected chi connectivity index (χ1v) is 8.79. The molecule has 2 heterocycles. The van der Waals surface area contributed by atoms with Crippen LogP contribution in [0.15, 0.2) is 23.1 Å². The maximum Gasteiger partial charge on any atom is 0.318 e. The molecule has 3 rings (SSSR count). The monoisotopic (exact) mass is 355 g/mol. The Kier molecular flexibility index (Phi) is 4.99. The number of thioether (sulfide) groups is 1. The molecule has 0 spiro atoms. The van der Waals surface area contributed by atoms with Gasteiger partial charge in [-0.2, -0.15) is 0 Å². The topological polar surface area (TPSA) is 84.7 Å². The largest absolute Gasteiger partial charge is 0.367 e. The smallest absolute Gasteiger partial charge is 0.318 e. The second-order valence-electron chi connectivity index (χ2n) is 5.53. The lowest BCUT2D eigenvalue weighted by Crippen LogP contribution is -2.53. The van der Waals surface area contributed by atoms with Gasteiger partial charge >= 0.3 is 6.03 Å². The maximum absolute atomic E-state index is 12.5. The molecule has 1 aromatic rings. The summed E-state index contributed by atoms with van der Waals surface area (Å²) in [6.07, 6.45) is 0.103. The van der Waals surface area contributed by atoms with E-state index in [2.05, 4.69) is 5.32 Å². The number of nitrogens with one attached hydrogen (secondary N) is 1. The summed E-state index contributed by atoms with van der Waals surface area (Å²) in [5, 5.41) is 3.70. The van der Waals surface area contributed by atoms with E-state index < -0.39 is 12.0 Å². The number of carbonyl (C=O) groups excluding carboxylic acids is 2. The summed E-state index contributed by atoms with van der Waals surface area (Å²) >= 11 is 7.84. The van der Waals surface area contributed by atoms with Gasteiger partial charge in [0.2, 0.25) is 5.91 Å². The number of nitrogens with zero attached hydrogens (tertiary/aromatic N) is 1. The van der Waals surface area contributed by atoms with Crippen LogP contribution >= 0.6 is 23.4 Å². The number of hydrogen-bond acceptors (Lipinski definition) is 4. The summed E-state index contributed by atoms with van der Waals surface area (Å²) in [6, 6.07) is 5.46. The zero-order valence-corrected chi connectivity index (χ0v) is 14.0. The molecule has 1 aromatic carbocycles. The van der Waals surface area contributed by atoms with Gasteiger partial charge in [-0.1, -0.05) is 11.6 Å². The molecule has 1 saturated heterocycles. The predicted molar refractivity (Wildman–Crippen MR) is 88.6 cm³/mol. The van der Waals surface area contributed by atoms with Crippen LogP contribution in [-0.2, 0) is 9.53 Å². The number of amides is 3. The van der Waals surface area contributed by atoms with Gasteiger partial charge in [0.15, 0.2) is 6.10 Å². The first-order valence-electron chi connectivity index (χ1n) is 7.43. The number of carbonyl (C=O) groups is 2. The molecule has 0 bridgehead atoms. The molecule has 1 fully saturated rings. The third kappa shape index (κ3) is 3.73. The minimum Gasteiger partial charge on any atom is -0.367 e. The number of urea groups is 1. The summed E-state index contributed by atoms with van der Waals surface area (Å²) in [6.45, 7) is 0.939. The standard InChI is InChI=1S/C15H18ClN3O3S/c16-9-1-2-13-10(7-9)11(3-6-23-13)18-15(21)19-4-5-22-12(8-19)14(17)20/h1-2,7,11-12H,3-6,8H2,(H2,17,20)(H,18,21). The molecular weight excluding hydrogens is 338 g/mol.